The number of aryl methyl sites for hydroxylation is 2. The van der Waals surface area contributed by atoms with E-state index in [-0.39, 0.29) is 0 Å². The number of hydrogen-bond acceptors (Lipinski definition) is 2. The second-order valence-electron chi connectivity index (χ2n) is 7.92. The fraction of sp³-hybridized carbons (Fsp3) is 0.824. The molecule has 110 valence electrons. The molecule has 4 fully saturated rings. The minimum atomic E-state index is 0.641. The molecule has 0 saturated heterocycles. The Balaban J connectivity index is 1.39. The van der Waals surface area contributed by atoms with Gasteiger partial charge in [-0.2, -0.15) is 5.10 Å². The zero-order chi connectivity index (χ0) is 13.7. The van der Waals surface area contributed by atoms with Crippen LogP contribution >= 0.6 is 0 Å². The van der Waals surface area contributed by atoms with Gasteiger partial charge in [-0.3, -0.25) is 4.68 Å². The predicted octanol–water partition coefficient (Wildman–Crippen LogP) is 3.03. The Morgan fingerprint density at radius 1 is 1.20 bits per heavy atom. The lowest BCUT2D eigenvalue weighted by Crippen LogP contribution is -2.50. The van der Waals surface area contributed by atoms with Crippen molar-refractivity contribution in [2.24, 2.45) is 30.2 Å². The average molecular weight is 273 g/mol. The standard InChI is InChI=1S/C17H27N3/c1-12-3-16(20(2)19-12)10-18-11-17-7-13-4-14(8-17)6-15(5-13)9-17/h3,13-15,18H,4-11H2,1-2H3. The van der Waals surface area contributed by atoms with E-state index >= 15 is 0 Å². The topological polar surface area (TPSA) is 29.9 Å². The maximum absolute atomic E-state index is 4.43. The molecule has 3 heteroatoms. The number of nitrogens with one attached hydrogen (secondary N) is 1. The molecule has 1 heterocycles. The first-order chi connectivity index (χ1) is 9.62. The van der Waals surface area contributed by atoms with Gasteiger partial charge in [-0.25, -0.2) is 0 Å². The first-order valence-electron chi connectivity index (χ1n) is 8.32. The van der Waals surface area contributed by atoms with Crippen molar-refractivity contribution in [1.29, 1.82) is 0 Å². The molecule has 0 radical (unpaired) electrons. The Morgan fingerprint density at radius 3 is 2.30 bits per heavy atom. The van der Waals surface area contributed by atoms with Gasteiger partial charge in [0.2, 0.25) is 0 Å². The maximum Gasteiger partial charge on any atom is 0.0597 e. The molecule has 4 aliphatic carbocycles. The Bertz CT molecular complexity index is 467. The van der Waals surface area contributed by atoms with Gasteiger partial charge in [-0.15, -0.1) is 0 Å². The van der Waals surface area contributed by atoms with Crippen LogP contribution in [-0.2, 0) is 13.6 Å². The summed E-state index contributed by atoms with van der Waals surface area (Å²) in [6.07, 6.45) is 9.11. The summed E-state index contributed by atoms with van der Waals surface area (Å²) in [6, 6.07) is 2.20. The summed E-state index contributed by atoms with van der Waals surface area (Å²) >= 11 is 0. The van der Waals surface area contributed by atoms with Crippen LogP contribution in [0, 0.1) is 30.1 Å². The van der Waals surface area contributed by atoms with Crippen molar-refractivity contribution in [3.63, 3.8) is 0 Å². The lowest BCUT2D eigenvalue weighted by molar-refractivity contribution is -0.0514. The summed E-state index contributed by atoms with van der Waals surface area (Å²) in [5, 5.41) is 8.19. The van der Waals surface area contributed by atoms with Crippen LogP contribution in [0.3, 0.4) is 0 Å². The van der Waals surface area contributed by atoms with Gasteiger partial charge < -0.3 is 5.32 Å². The van der Waals surface area contributed by atoms with Gasteiger partial charge in [0.25, 0.3) is 0 Å². The van der Waals surface area contributed by atoms with Crippen molar-refractivity contribution in [2.45, 2.75) is 52.0 Å². The molecule has 0 aliphatic heterocycles. The van der Waals surface area contributed by atoms with Crippen molar-refractivity contribution < 1.29 is 0 Å². The minimum absolute atomic E-state index is 0.641. The summed E-state index contributed by atoms with van der Waals surface area (Å²) in [5.74, 6) is 3.17. The van der Waals surface area contributed by atoms with E-state index in [1.165, 1.54) is 31.5 Å². The van der Waals surface area contributed by atoms with Crippen LogP contribution < -0.4 is 5.32 Å². The summed E-state index contributed by atoms with van der Waals surface area (Å²) < 4.78 is 2.02. The van der Waals surface area contributed by atoms with Crippen LogP contribution in [0.4, 0.5) is 0 Å². The van der Waals surface area contributed by atoms with E-state index in [0.29, 0.717) is 5.41 Å². The monoisotopic (exact) mass is 273 g/mol. The van der Waals surface area contributed by atoms with Crippen LogP contribution in [-0.4, -0.2) is 16.3 Å². The van der Waals surface area contributed by atoms with Crippen LogP contribution in [0.5, 0.6) is 0 Å². The smallest absolute Gasteiger partial charge is 0.0597 e. The zero-order valence-corrected chi connectivity index (χ0v) is 12.9. The molecule has 4 saturated carbocycles. The molecular formula is C17H27N3. The molecule has 0 atom stereocenters. The molecule has 4 bridgehead atoms. The lowest BCUT2D eigenvalue weighted by Gasteiger charge is -2.57. The van der Waals surface area contributed by atoms with Gasteiger partial charge in [-0.05, 0) is 74.7 Å². The normalized spacial score (nSPS) is 38.6. The number of rotatable bonds is 4. The third-order valence-corrected chi connectivity index (χ3v) is 6.07. The first-order valence-corrected chi connectivity index (χ1v) is 8.32. The van der Waals surface area contributed by atoms with E-state index < -0.39 is 0 Å². The Morgan fingerprint density at radius 2 is 1.80 bits per heavy atom. The fourth-order valence-electron chi connectivity index (χ4n) is 5.79. The van der Waals surface area contributed by atoms with Crippen LogP contribution in [0.1, 0.15) is 49.9 Å². The summed E-state index contributed by atoms with van der Waals surface area (Å²) in [5.41, 5.74) is 3.08. The van der Waals surface area contributed by atoms with Gasteiger partial charge in [0, 0.05) is 20.1 Å². The highest BCUT2D eigenvalue weighted by atomic mass is 15.3. The van der Waals surface area contributed by atoms with Gasteiger partial charge in [-0.1, -0.05) is 0 Å². The van der Waals surface area contributed by atoms with Crippen LogP contribution in [0.15, 0.2) is 6.07 Å². The molecule has 0 amide bonds. The maximum atomic E-state index is 4.43. The lowest BCUT2D eigenvalue weighted by atomic mass is 9.49. The van der Waals surface area contributed by atoms with Gasteiger partial charge in [0.15, 0.2) is 0 Å². The SMILES string of the molecule is Cc1cc(CNCC23CC4CC(CC(C4)C2)C3)n(C)n1. The number of aromatic nitrogens is 2. The van der Waals surface area contributed by atoms with E-state index in [0.717, 1.165) is 30.0 Å². The van der Waals surface area contributed by atoms with Crippen molar-refractivity contribution in [3.8, 4) is 0 Å². The number of nitrogens with zero attached hydrogens (tertiary/aromatic N) is 2. The molecule has 1 aromatic rings. The molecule has 20 heavy (non-hydrogen) atoms. The molecule has 5 rings (SSSR count). The second kappa shape index (κ2) is 4.59. The van der Waals surface area contributed by atoms with Gasteiger partial charge >= 0.3 is 0 Å². The fourth-order valence-corrected chi connectivity index (χ4v) is 5.79. The van der Waals surface area contributed by atoms with E-state index in [1.54, 1.807) is 19.3 Å². The molecule has 1 aromatic heterocycles. The Hall–Kier alpha value is -0.830. The van der Waals surface area contributed by atoms with Crippen molar-refractivity contribution in [2.75, 3.05) is 6.54 Å². The average Bonchev–Trinajstić information content (AvgIpc) is 2.66. The number of hydrogen-bond donors (Lipinski definition) is 1. The quantitative estimate of drug-likeness (QED) is 0.914. The van der Waals surface area contributed by atoms with E-state index in [2.05, 4.69) is 30.5 Å². The zero-order valence-electron chi connectivity index (χ0n) is 12.9. The summed E-state index contributed by atoms with van der Waals surface area (Å²) in [6.45, 7) is 4.27. The van der Waals surface area contributed by atoms with Crippen LogP contribution in [0.2, 0.25) is 0 Å². The molecular weight excluding hydrogens is 246 g/mol. The van der Waals surface area contributed by atoms with E-state index in [1.807, 2.05) is 4.68 Å². The van der Waals surface area contributed by atoms with Crippen molar-refractivity contribution in [3.05, 3.63) is 17.5 Å². The summed E-state index contributed by atoms with van der Waals surface area (Å²) in [4.78, 5) is 0. The van der Waals surface area contributed by atoms with Crippen molar-refractivity contribution >= 4 is 0 Å². The molecule has 1 N–H and O–H groups in total. The molecule has 0 spiro atoms. The predicted molar refractivity (Wildman–Crippen MR) is 80.3 cm³/mol. The summed E-state index contributed by atoms with van der Waals surface area (Å²) in [7, 11) is 2.05. The highest BCUT2D eigenvalue weighted by Crippen LogP contribution is 2.59. The molecule has 0 unspecified atom stereocenters. The first kappa shape index (κ1) is 12.9. The molecule has 3 nitrogen and oxygen atoms in total. The molecule has 4 aliphatic rings. The third kappa shape index (κ3) is 2.20. The Labute approximate surface area is 122 Å². The highest BCUT2D eigenvalue weighted by Gasteiger charge is 2.50. The molecule has 0 aromatic carbocycles. The van der Waals surface area contributed by atoms with Crippen LogP contribution in [0.25, 0.3) is 0 Å². The van der Waals surface area contributed by atoms with E-state index in [9.17, 15) is 0 Å². The third-order valence-electron chi connectivity index (χ3n) is 6.07. The van der Waals surface area contributed by atoms with Crippen molar-refractivity contribution in [1.82, 2.24) is 15.1 Å². The largest absolute Gasteiger partial charge is 0.311 e. The second-order valence-corrected chi connectivity index (χ2v) is 7.92. The van der Waals surface area contributed by atoms with Gasteiger partial charge in [0.05, 0.1) is 11.4 Å². The highest BCUT2D eigenvalue weighted by molar-refractivity contribution is 5.09. The Kier molecular flexibility index (Phi) is 2.95. The van der Waals surface area contributed by atoms with E-state index in [4.69, 9.17) is 0 Å². The van der Waals surface area contributed by atoms with Gasteiger partial charge in [0.1, 0.15) is 0 Å². The minimum Gasteiger partial charge on any atom is -0.311 e.